The number of rotatable bonds is 5. The Balaban J connectivity index is 1.53. The van der Waals surface area contributed by atoms with E-state index in [-0.39, 0.29) is 24.8 Å². The molecule has 0 fully saturated rings. The number of ether oxygens (including phenoxy) is 2. The number of carbonyl (C=O) groups excluding carboxylic acids is 1. The van der Waals surface area contributed by atoms with Crippen molar-refractivity contribution in [2.45, 2.75) is 26.9 Å². The molecule has 3 heterocycles. The summed E-state index contributed by atoms with van der Waals surface area (Å²) in [6.45, 7) is 4.70. The molecule has 1 N–H and O–H groups in total. The molecule has 168 valence electrons. The van der Waals surface area contributed by atoms with E-state index < -0.39 is 0 Å². The van der Waals surface area contributed by atoms with Crippen molar-refractivity contribution in [3.05, 3.63) is 93.0 Å². The van der Waals surface area contributed by atoms with Gasteiger partial charge in [0, 0.05) is 25.4 Å². The van der Waals surface area contributed by atoms with Crippen molar-refractivity contribution in [2.24, 2.45) is 7.05 Å². The third kappa shape index (κ3) is 3.98. The summed E-state index contributed by atoms with van der Waals surface area (Å²) in [5.41, 5.74) is 4.76. The van der Waals surface area contributed by atoms with Crippen LogP contribution in [0.4, 0.5) is 0 Å². The maximum Gasteiger partial charge on any atom is 0.271 e. The zero-order chi connectivity index (χ0) is 23.1. The van der Waals surface area contributed by atoms with Crippen LogP contribution in [0.2, 0.25) is 0 Å². The minimum atomic E-state index is -0.190. The smallest absolute Gasteiger partial charge is 0.271 e. The first-order valence-electron chi connectivity index (χ1n) is 10.8. The molecule has 1 aliphatic heterocycles. The number of hydrogen-bond donors (Lipinski definition) is 1. The highest BCUT2D eigenvalue weighted by Gasteiger charge is 2.22. The highest BCUT2D eigenvalue weighted by molar-refractivity contribution is 5.93. The lowest BCUT2D eigenvalue weighted by Crippen LogP contribution is -2.33. The van der Waals surface area contributed by atoms with Gasteiger partial charge in [-0.05, 0) is 66.8 Å². The van der Waals surface area contributed by atoms with E-state index in [9.17, 15) is 9.59 Å². The Hall–Kier alpha value is -4.00. The maximum absolute atomic E-state index is 13.5. The predicted molar refractivity (Wildman–Crippen MR) is 126 cm³/mol. The van der Waals surface area contributed by atoms with E-state index in [0.29, 0.717) is 29.3 Å². The molecule has 0 saturated heterocycles. The second-order valence-electron chi connectivity index (χ2n) is 8.52. The molecule has 1 amide bonds. The van der Waals surface area contributed by atoms with Crippen molar-refractivity contribution in [2.75, 3.05) is 6.79 Å². The van der Waals surface area contributed by atoms with Crippen LogP contribution in [-0.2, 0) is 20.1 Å². The number of carbonyl (C=O) groups is 1. The second kappa shape index (κ2) is 8.16. The van der Waals surface area contributed by atoms with Gasteiger partial charge >= 0.3 is 0 Å². The van der Waals surface area contributed by atoms with Gasteiger partial charge in [0.05, 0.1) is 12.1 Å². The van der Waals surface area contributed by atoms with E-state index in [2.05, 4.69) is 4.98 Å². The summed E-state index contributed by atoms with van der Waals surface area (Å²) in [5, 5.41) is 0.955. The lowest BCUT2D eigenvalue weighted by Gasteiger charge is -2.23. The van der Waals surface area contributed by atoms with Crippen molar-refractivity contribution in [1.29, 1.82) is 0 Å². The lowest BCUT2D eigenvalue weighted by molar-refractivity contribution is 0.0719. The van der Waals surface area contributed by atoms with Gasteiger partial charge in [0.15, 0.2) is 11.5 Å². The summed E-state index contributed by atoms with van der Waals surface area (Å²) in [6.07, 6.45) is 1.83. The van der Waals surface area contributed by atoms with Gasteiger partial charge in [-0.1, -0.05) is 17.7 Å². The van der Waals surface area contributed by atoms with Gasteiger partial charge in [0.2, 0.25) is 6.79 Å². The monoisotopic (exact) mass is 443 g/mol. The SMILES string of the molecule is Cc1cc(C)c2[nH]c(=O)c(CN(Cc3ccc4c(c3)OCO4)C(=O)c3cccn3C)cc2c1. The van der Waals surface area contributed by atoms with E-state index in [4.69, 9.17) is 9.47 Å². The van der Waals surface area contributed by atoms with Crippen LogP contribution in [0.1, 0.15) is 32.7 Å². The van der Waals surface area contributed by atoms with Crippen molar-refractivity contribution in [3.8, 4) is 11.5 Å². The van der Waals surface area contributed by atoms with Crippen molar-refractivity contribution in [1.82, 2.24) is 14.5 Å². The normalized spacial score (nSPS) is 12.3. The number of aromatic nitrogens is 2. The van der Waals surface area contributed by atoms with E-state index in [1.807, 2.05) is 69.6 Å². The van der Waals surface area contributed by atoms with Crippen LogP contribution in [-0.4, -0.2) is 27.2 Å². The molecule has 0 bridgehead atoms. The number of H-pyrrole nitrogens is 1. The number of amides is 1. The van der Waals surface area contributed by atoms with Gasteiger partial charge in [-0.25, -0.2) is 0 Å². The number of nitrogens with zero attached hydrogens (tertiary/aromatic N) is 2. The molecule has 7 nitrogen and oxygen atoms in total. The van der Waals surface area contributed by atoms with Crippen LogP contribution in [0, 0.1) is 13.8 Å². The molecule has 0 atom stereocenters. The number of benzene rings is 2. The summed E-state index contributed by atoms with van der Waals surface area (Å²) in [6, 6.07) is 15.2. The summed E-state index contributed by atoms with van der Waals surface area (Å²) in [5.74, 6) is 1.20. The molecule has 2 aromatic carbocycles. The molecule has 0 saturated carbocycles. The Labute approximate surface area is 191 Å². The Morgan fingerprint density at radius 1 is 1.06 bits per heavy atom. The molecule has 0 radical (unpaired) electrons. The fourth-order valence-corrected chi connectivity index (χ4v) is 4.36. The fraction of sp³-hybridized carbons (Fsp3) is 0.231. The van der Waals surface area contributed by atoms with Crippen LogP contribution in [0.5, 0.6) is 11.5 Å². The van der Waals surface area contributed by atoms with Gasteiger partial charge in [-0.15, -0.1) is 0 Å². The summed E-state index contributed by atoms with van der Waals surface area (Å²) in [4.78, 5) is 31.1. The summed E-state index contributed by atoms with van der Waals surface area (Å²) >= 11 is 0. The van der Waals surface area contributed by atoms with Crippen LogP contribution < -0.4 is 15.0 Å². The fourth-order valence-electron chi connectivity index (χ4n) is 4.36. The summed E-state index contributed by atoms with van der Waals surface area (Å²) < 4.78 is 12.7. The van der Waals surface area contributed by atoms with Crippen molar-refractivity contribution < 1.29 is 14.3 Å². The molecule has 0 spiro atoms. The van der Waals surface area contributed by atoms with Gasteiger partial charge in [0.25, 0.3) is 11.5 Å². The second-order valence-corrected chi connectivity index (χ2v) is 8.52. The molecule has 2 aromatic heterocycles. The first-order valence-corrected chi connectivity index (χ1v) is 10.8. The van der Waals surface area contributed by atoms with Gasteiger partial charge in [-0.2, -0.15) is 0 Å². The number of fused-ring (bicyclic) bond motifs is 2. The van der Waals surface area contributed by atoms with Crippen LogP contribution in [0.3, 0.4) is 0 Å². The van der Waals surface area contributed by atoms with Crippen molar-refractivity contribution >= 4 is 16.8 Å². The molecule has 33 heavy (non-hydrogen) atoms. The average Bonchev–Trinajstić information content (AvgIpc) is 3.42. The number of aryl methyl sites for hydroxylation is 3. The van der Waals surface area contributed by atoms with Crippen LogP contribution in [0.15, 0.2) is 59.5 Å². The topological polar surface area (TPSA) is 76.6 Å². The Kier molecular flexibility index (Phi) is 5.17. The Morgan fingerprint density at radius 3 is 2.67 bits per heavy atom. The summed E-state index contributed by atoms with van der Waals surface area (Å²) in [7, 11) is 1.83. The van der Waals surface area contributed by atoms with E-state index in [0.717, 1.165) is 27.6 Å². The van der Waals surface area contributed by atoms with E-state index >= 15 is 0 Å². The molecule has 0 unspecified atom stereocenters. The zero-order valence-electron chi connectivity index (χ0n) is 18.8. The average molecular weight is 444 g/mol. The molecule has 4 aromatic rings. The highest BCUT2D eigenvalue weighted by Crippen LogP contribution is 2.33. The molecular weight excluding hydrogens is 418 g/mol. The first kappa shape index (κ1) is 20.9. The Morgan fingerprint density at radius 2 is 1.88 bits per heavy atom. The lowest BCUT2D eigenvalue weighted by atomic mass is 10.0. The number of aromatic amines is 1. The molecule has 5 rings (SSSR count). The van der Waals surface area contributed by atoms with E-state index in [1.165, 1.54) is 0 Å². The third-order valence-electron chi connectivity index (χ3n) is 5.99. The van der Waals surface area contributed by atoms with Gasteiger partial charge < -0.3 is 23.9 Å². The van der Waals surface area contributed by atoms with Crippen LogP contribution >= 0.6 is 0 Å². The van der Waals surface area contributed by atoms with Gasteiger partial charge in [0.1, 0.15) is 5.69 Å². The van der Waals surface area contributed by atoms with Gasteiger partial charge in [-0.3, -0.25) is 9.59 Å². The van der Waals surface area contributed by atoms with E-state index in [1.54, 1.807) is 15.5 Å². The number of hydrogen-bond acceptors (Lipinski definition) is 4. The largest absolute Gasteiger partial charge is 0.454 e. The standard InChI is InChI=1S/C26H25N3O4/c1-16-9-17(2)24-19(10-16)12-20(25(30)27-24)14-29(26(31)21-5-4-8-28(21)3)13-18-6-7-22-23(11-18)33-15-32-22/h4-12H,13-15H2,1-3H3,(H,27,30). The van der Waals surface area contributed by atoms with Crippen LogP contribution in [0.25, 0.3) is 10.9 Å². The Bertz CT molecular complexity index is 1430. The first-order chi connectivity index (χ1) is 15.9. The third-order valence-corrected chi connectivity index (χ3v) is 5.99. The zero-order valence-corrected chi connectivity index (χ0v) is 18.8. The maximum atomic E-state index is 13.5. The molecule has 7 heteroatoms. The molecule has 0 aliphatic carbocycles. The molecule has 1 aliphatic rings. The minimum absolute atomic E-state index is 0.153. The number of nitrogens with one attached hydrogen (secondary N) is 1. The number of pyridine rings is 1. The quantitative estimate of drug-likeness (QED) is 0.505. The van der Waals surface area contributed by atoms with Crippen molar-refractivity contribution in [3.63, 3.8) is 0 Å². The molecular formula is C26H25N3O4. The minimum Gasteiger partial charge on any atom is -0.454 e. The predicted octanol–water partition coefficient (Wildman–Crippen LogP) is 4.05. The highest BCUT2D eigenvalue weighted by atomic mass is 16.7.